The van der Waals surface area contributed by atoms with E-state index in [-0.39, 0.29) is 5.84 Å². The summed E-state index contributed by atoms with van der Waals surface area (Å²) >= 11 is 0. The highest BCUT2D eigenvalue weighted by atomic mass is 16.4. The van der Waals surface area contributed by atoms with Crippen molar-refractivity contribution in [3.8, 4) is 0 Å². The van der Waals surface area contributed by atoms with E-state index in [1.54, 1.807) is 0 Å². The SMILES string of the molecule is CC1CC(C)CC(NCc2ccccc2C(N)=NO)C1. The molecule has 0 radical (unpaired) electrons. The molecule has 110 valence electrons. The molecule has 1 saturated carbocycles. The summed E-state index contributed by atoms with van der Waals surface area (Å²) in [5.74, 6) is 1.75. The maximum absolute atomic E-state index is 8.84. The van der Waals surface area contributed by atoms with Gasteiger partial charge in [0.1, 0.15) is 0 Å². The number of amidine groups is 1. The molecule has 0 amide bonds. The van der Waals surface area contributed by atoms with Gasteiger partial charge in [0.2, 0.25) is 0 Å². The maximum Gasteiger partial charge on any atom is 0.170 e. The van der Waals surface area contributed by atoms with Crippen LogP contribution in [0.5, 0.6) is 0 Å². The molecule has 4 heteroatoms. The maximum atomic E-state index is 8.84. The first-order valence-electron chi connectivity index (χ1n) is 7.39. The van der Waals surface area contributed by atoms with Crippen molar-refractivity contribution >= 4 is 5.84 Å². The Hall–Kier alpha value is -1.55. The zero-order valence-electron chi connectivity index (χ0n) is 12.3. The topological polar surface area (TPSA) is 70.6 Å². The van der Waals surface area contributed by atoms with Gasteiger partial charge in [-0.3, -0.25) is 0 Å². The first kappa shape index (κ1) is 14.9. The Labute approximate surface area is 121 Å². The standard InChI is InChI=1S/C16H25N3O/c1-11-7-12(2)9-14(8-11)18-10-13-5-3-4-6-15(13)16(17)19-20/h3-6,11-12,14,18,20H,7-10H2,1-2H3,(H2,17,19). The molecule has 4 nitrogen and oxygen atoms in total. The molecule has 2 rings (SSSR count). The molecule has 0 spiro atoms. The molecule has 4 N–H and O–H groups in total. The fourth-order valence-corrected chi connectivity index (χ4v) is 3.35. The summed E-state index contributed by atoms with van der Waals surface area (Å²) in [5, 5.41) is 15.6. The number of nitrogens with zero attached hydrogens (tertiary/aromatic N) is 1. The minimum Gasteiger partial charge on any atom is -0.409 e. The van der Waals surface area contributed by atoms with Gasteiger partial charge in [-0.2, -0.15) is 0 Å². The number of nitrogens with one attached hydrogen (secondary N) is 1. The third kappa shape index (κ3) is 3.73. The Bertz CT molecular complexity index is 463. The zero-order chi connectivity index (χ0) is 14.5. The average molecular weight is 275 g/mol. The first-order chi connectivity index (χ1) is 9.60. The Morgan fingerprint density at radius 1 is 1.25 bits per heavy atom. The number of hydrogen-bond donors (Lipinski definition) is 3. The quantitative estimate of drug-likeness (QED) is 0.342. The lowest BCUT2D eigenvalue weighted by Gasteiger charge is -2.32. The number of rotatable bonds is 4. The number of benzene rings is 1. The van der Waals surface area contributed by atoms with Gasteiger partial charge in [-0.15, -0.1) is 0 Å². The molecule has 0 aromatic heterocycles. The molecule has 0 heterocycles. The van der Waals surface area contributed by atoms with Crippen molar-refractivity contribution in [2.75, 3.05) is 0 Å². The van der Waals surface area contributed by atoms with E-state index in [4.69, 9.17) is 10.9 Å². The van der Waals surface area contributed by atoms with Crippen LogP contribution in [0.2, 0.25) is 0 Å². The highest BCUT2D eigenvalue weighted by Gasteiger charge is 2.23. The smallest absolute Gasteiger partial charge is 0.170 e. The van der Waals surface area contributed by atoms with Crippen LogP contribution in [0.15, 0.2) is 29.4 Å². The van der Waals surface area contributed by atoms with Crippen molar-refractivity contribution in [1.82, 2.24) is 5.32 Å². The fourth-order valence-electron chi connectivity index (χ4n) is 3.35. The lowest BCUT2D eigenvalue weighted by molar-refractivity contribution is 0.238. The predicted molar refractivity (Wildman–Crippen MR) is 81.8 cm³/mol. The number of hydrogen-bond acceptors (Lipinski definition) is 3. The van der Waals surface area contributed by atoms with E-state index < -0.39 is 0 Å². The number of nitrogens with two attached hydrogens (primary N) is 1. The zero-order valence-corrected chi connectivity index (χ0v) is 12.3. The molecule has 1 aromatic carbocycles. The summed E-state index contributed by atoms with van der Waals surface area (Å²) in [6.45, 7) is 5.42. The van der Waals surface area contributed by atoms with Crippen LogP contribution >= 0.6 is 0 Å². The highest BCUT2D eigenvalue weighted by Crippen LogP contribution is 2.28. The average Bonchev–Trinajstić information content (AvgIpc) is 2.43. The van der Waals surface area contributed by atoms with Crippen LogP contribution in [0.25, 0.3) is 0 Å². The van der Waals surface area contributed by atoms with Gasteiger partial charge in [0.05, 0.1) is 0 Å². The Balaban J connectivity index is 2.00. The van der Waals surface area contributed by atoms with Gasteiger partial charge in [-0.25, -0.2) is 0 Å². The Kier molecular flexibility index (Phi) is 5.01. The lowest BCUT2D eigenvalue weighted by Crippen LogP contribution is -2.36. The van der Waals surface area contributed by atoms with Crippen molar-refractivity contribution in [3.05, 3.63) is 35.4 Å². The van der Waals surface area contributed by atoms with Crippen LogP contribution in [0, 0.1) is 11.8 Å². The largest absolute Gasteiger partial charge is 0.409 e. The van der Waals surface area contributed by atoms with E-state index in [1.807, 2.05) is 24.3 Å². The van der Waals surface area contributed by atoms with E-state index in [0.717, 1.165) is 29.5 Å². The lowest BCUT2D eigenvalue weighted by atomic mass is 9.80. The van der Waals surface area contributed by atoms with Crippen molar-refractivity contribution in [2.45, 2.75) is 45.7 Å². The summed E-state index contributed by atoms with van der Waals surface area (Å²) < 4.78 is 0. The van der Waals surface area contributed by atoms with Crippen molar-refractivity contribution in [2.24, 2.45) is 22.7 Å². The third-order valence-corrected chi connectivity index (χ3v) is 4.16. The van der Waals surface area contributed by atoms with Crippen molar-refractivity contribution < 1.29 is 5.21 Å². The van der Waals surface area contributed by atoms with Crippen LogP contribution in [-0.2, 0) is 6.54 Å². The second-order valence-corrected chi connectivity index (χ2v) is 6.14. The molecule has 1 aliphatic rings. The summed E-state index contributed by atoms with van der Waals surface area (Å²) in [6.07, 6.45) is 3.80. The van der Waals surface area contributed by atoms with Crippen LogP contribution in [0.4, 0.5) is 0 Å². The molecule has 1 aromatic rings. The van der Waals surface area contributed by atoms with Gasteiger partial charge >= 0.3 is 0 Å². The normalized spacial score (nSPS) is 27.5. The van der Waals surface area contributed by atoms with E-state index in [1.165, 1.54) is 19.3 Å². The third-order valence-electron chi connectivity index (χ3n) is 4.16. The van der Waals surface area contributed by atoms with Crippen molar-refractivity contribution in [1.29, 1.82) is 0 Å². The summed E-state index contributed by atoms with van der Waals surface area (Å²) in [7, 11) is 0. The molecule has 2 atom stereocenters. The van der Waals surface area contributed by atoms with Gasteiger partial charge in [0.15, 0.2) is 5.84 Å². The predicted octanol–water partition coefficient (Wildman–Crippen LogP) is 2.70. The molecule has 2 unspecified atom stereocenters. The molecule has 1 aliphatic carbocycles. The van der Waals surface area contributed by atoms with Gasteiger partial charge in [-0.1, -0.05) is 43.3 Å². The van der Waals surface area contributed by atoms with Crippen LogP contribution in [0.1, 0.15) is 44.2 Å². The number of oxime groups is 1. The van der Waals surface area contributed by atoms with Gasteiger partial charge in [0.25, 0.3) is 0 Å². The molecular weight excluding hydrogens is 250 g/mol. The van der Waals surface area contributed by atoms with E-state index in [2.05, 4.69) is 24.3 Å². The second kappa shape index (κ2) is 6.75. The van der Waals surface area contributed by atoms with E-state index in [9.17, 15) is 0 Å². The minimum absolute atomic E-state index is 0.174. The highest BCUT2D eigenvalue weighted by molar-refractivity contribution is 5.98. The summed E-state index contributed by atoms with van der Waals surface area (Å²) in [6, 6.07) is 8.36. The van der Waals surface area contributed by atoms with Gasteiger partial charge in [0, 0.05) is 18.2 Å². The van der Waals surface area contributed by atoms with Crippen LogP contribution < -0.4 is 11.1 Å². The minimum atomic E-state index is 0.174. The van der Waals surface area contributed by atoms with Gasteiger partial charge in [-0.05, 0) is 36.7 Å². The molecule has 0 saturated heterocycles. The summed E-state index contributed by atoms with van der Waals surface area (Å²) in [5.41, 5.74) is 7.60. The molecule has 0 bridgehead atoms. The first-order valence-corrected chi connectivity index (χ1v) is 7.39. The Morgan fingerprint density at radius 3 is 2.55 bits per heavy atom. The summed E-state index contributed by atoms with van der Waals surface area (Å²) in [4.78, 5) is 0. The van der Waals surface area contributed by atoms with Gasteiger partial charge < -0.3 is 16.3 Å². The second-order valence-electron chi connectivity index (χ2n) is 6.14. The molecule has 1 fully saturated rings. The van der Waals surface area contributed by atoms with Crippen LogP contribution in [0.3, 0.4) is 0 Å². The fraction of sp³-hybridized carbons (Fsp3) is 0.562. The van der Waals surface area contributed by atoms with Crippen LogP contribution in [-0.4, -0.2) is 17.1 Å². The molecule has 20 heavy (non-hydrogen) atoms. The monoisotopic (exact) mass is 275 g/mol. The molecule has 0 aliphatic heterocycles. The van der Waals surface area contributed by atoms with E-state index in [0.29, 0.717) is 6.04 Å². The Morgan fingerprint density at radius 2 is 1.90 bits per heavy atom. The van der Waals surface area contributed by atoms with Crippen molar-refractivity contribution in [3.63, 3.8) is 0 Å². The van der Waals surface area contributed by atoms with E-state index >= 15 is 0 Å². The molecular formula is C16H25N3O.